The van der Waals surface area contributed by atoms with Crippen LogP contribution in [0.2, 0.25) is 0 Å². The zero-order valence-electron chi connectivity index (χ0n) is 12.4. The predicted octanol–water partition coefficient (Wildman–Crippen LogP) is 3.43. The Labute approximate surface area is 120 Å². The van der Waals surface area contributed by atoms with E-state index in [1.54, 1.807) is 0 Å². The molecule has 3 heteroatoms. The molecule has 0 radical (unpaired) electrons. The molecule has 1 atom stereocenters. The van der Waals surface area contributed by atoms with E-state index in [4.69, 9.17) is 4.42 Å². The Hall–Kier alpha value is -1.32. The standard InChI is InChI=1S/C17H23NO2/c1-3-18-9-4-7-17(19,8-10-18)16-12-14-11-13(2)5-6-15(14)20-16/h5-6,11-12,19H,3-4,7-10H2,1-2H3. The van der Waals surface area contributed by atoms with Crippen molar-refractivity contribution in [2.45, 2.75) is 38.7 Å². The number of rotatable bonds is 2. The van der Waals surface area contributed by atoms with Crippen LogP contribution in [0.25, 0.3) is 11.0 Å². The maximum Gasteiger partial charge on any atom is 0.136 e. The Morgan fingerprint density at radius 3 is 2.90 bits per heavy atom. The second-order valence-corrected chi connectivity index (χ2v) is 5.97. The highest BCUT2D eigenvalue weighted by Gasteiger charge is 2.34. The third kappa shape index (κ3) is 2.48. The molecule has 2 aromatic rings. The normalized spacial score (nSPS) is 24.9. The molecular weight excluding hydrogens is 250 g/mol. The van der Waals surface area contributed by atoms with Crippen LogP contribution in [0.15, 0.2) is 28.7 Å². The first-order valence-electron chi connectivity index (χ1n) is 7.56. The molecule has 108 valence electrons. The van der Waals surface area contributed by atoms with Crippen LogP contribution in [0.1, 0.15) is 37.5 Å². The fourth-order valence-corrected chi connectivity index (χ4v) is 3.13. The molecule has 1 aromatic carbocycles. The highest BCUT2D eigenvalue weighted by atomic mass is 16.4. The first kappa shape index (κ1) is 13.7. The molecule has 0 aliphatic carbocycles. The summed E-state index contributed by atoms with van der Waals surface area (Å²) < 4.78 is 5.92. The first-order chi connectivity index (χ1) is 9.60. The largest absolute Gasteiger partial charge is 0.458 e. The van der Waals surface area contributed by atoms with Gasteiger partial charge in [-0.3, -0.25) is 0 Å². The average Bonchev–Trinajstić information content (AvgIpc) is 2.76. The van der Waals surface area contributed by atoms with Crippen LogP contribution >= 0.6 is 0 Å². The number of fused-ring (bicyclic) bond motifs is 1. The summed E-state index contributed by atoms with van der Waals surface area (Å²) in [5.74, 6) is 0.732. The van der Waals surface area contributed by atoms with Gasteiger partial charge in [0.05, 0.1) is 0 Å². The van der Waals surface area contributed by atoms with Gasteiger partial charge in [0.2, 0.25) is 0 Å². The van der Waals surface area contributed by atoms with E-state index in [1.807, 2.05) is 18.2 Å². The summed E-state index contributed by atoms with van der Waals surface area (Å²) in [5, 5.41) is 12.1. The number of likely N-dealkylation sites (tertiary alicyclic amines) is 1. The van der Waals surface area contributed by atoms with Gasteiger partial charge < -0.3 is 14.4 Å². The SMILES string of the molecule is CCN1CCCC(O)(c2cc3cc(C)ccc3o2)CC1. The summed E-state index contributed by atoms with van der Waals surface area (Å²) in [4.78, 5) is 2.39. The van der Waals surface area contributed by atoms with Crippen molar-refractivity contribution >= 4 is 11.0 Å². The van der Waals surface area contributed by atoms with Crippen molar-refractivity contribution < 1.29 is 9.52 Å². The lowest BCUT2D eigenvalue weighted by atomic mass is 9.92. The van der Waals surface area contributed by atoms with E-state index in [-0.39, 0.29) is 0 Å². The summed E-state index contributed by atoms with van der Waals surface area (Å²) >= 11 is 0. The molecule has 3 rings (SSSR count). The van der Waals surface area contributed by atoms with E-state index in [1.165, 1.54) is 5.56 Å². The van der Waals surface area contributed by atoms with Gasteiger partial charge >= 0.3 is 0 Å². The van der Waals surface area contributed by atoms with Crippen molar-refractivity contribution in [3.8, 4) is 0 Å². The fraction of sp³-hybridized carbons (Fsp3) is 0.529. The number of nitrogens with zero attached hydrogens (tertiary/aromatic N) is 1. The Kier molecular flexibility index (Phi) is 3.57. The number of hydrogen-bond acceptors (Lipinski definition) is 3. The van der Waals surface area contributed by atoms with Gasteiger partial charge in [0, 0.05) is 11.9 Å². The van der Waals surface area contributed by atoms with Gasteiger partial charge in [-0.25, -0.2) is 0 Å². The Morgan fingerprint density at radius 2 is 2.10 bits per heavy atom. The van der Waals surface area contributed by atoms with Crippen molar-refractivity contribution in [1.82, 2.24) is 4.90 Å². The zero-order chi connectivity index (χ0) is 14.2. The molecule has 1 saturated heterocycles. The second kappa shape index (κ2) is 5.23. The molecular formula is C17H23NO2. The minimum atomic E-state index is -0.809. The number of aryl methyl sites for hydroxylation is 1. The summed E-state index contributed by atoms with van der Waals surface area (Å²) in [7, 11) is 0. The van der Waals surface area contributed by atoms with Crippen LogP contribution in [0.5, 0.6) is 0 Å². The third-order valence-electron chi connectivity index (χ3n) is 4.48. The van der Waals surface area contributed by atoms with Gasteiger partial charge in [-0.1, -0.05) is 18.6 Å². The van der Waals surface area contributed by atoms with Gasteiger partial charge in [0.1, 0.15) is 16.9 Å². The summed E-state index contributed by atoms with van der Waals surface area (Å²) in [5.41, 5.74) is 1.28. The molecule has 1 aliphatic heterocycles. The van der Waals surface area contributed by atoms with Crippen LogP contribution in [0.4, 0.5) is 0 Å². The molecule has 20 heavy (non-hydrogen) atoms. The lowest BCUT2D eigenvalue weighted by Crippen LogP contribution is -2.28. The number of hydrogen-bond donors (Lipinski definition) is 1. The lowest BCUT2D eigenvalue weighted by molar-refractivity contribution is 0.00191. The van der Waals surface area contributed by atoms with Crippen molar-refractivity contribution in [3.05, 3.63) is 35.6 Å². The summed E-state index contributed by atoms with van der Waals surface area (Å²) in [6.07, 6.45) is 2.54. The van der Waals surface area contributed by atoms with Gasteiger partial charge in [-0.15, -0.1) is 0 Å². The zero-order valence-corrected chi connectivity index (χ0v) is 12.4. The van der Waals surface area contributed by atoms with Crippen LogP contribution in [-0.2, 0) is 5.60 Å². The van der Waals surface area contributed by atoms with Crippen molar-refractivity contribution in [3.63, 3.8) is 0 Å². The van der Waals surface area contributed by atoms with Gasteiger partial charge in [-0.05, 0) is 57.5 Å². The second-order valence-electron chi connectivity index (χ2n) is 5.97. The van der Waals surface area contributed by atoms with E-state index >= 15 is 0 Å². The summed E-state index contributed by atoms with van der Waals surface area (Å²) in [6.45, 7) is 7.30. The van der Waals surface area contributed by atoms with Crippen molar-refractivity contribution in [2.75, 3.05) is 19.6 Å². The van der Waals surface area contributed by atoms with E-state index in [0.29, 0.717) is 0 Å². The molecule has 0 saturated carbocycles. The Balaban J connectivity index is 1.92. The Morgan fingerprint density at radius 1 is 1.25 bits per heavy atom. The molecule has 1 aliphatic rings. The van der Waals surface area contributed by atoms with Crippen LogP contribution in [-0.4, -0.2) is 29.6 Å². The van der Waals surface area contributed by atoms with Crippen LogP contribution in [0, 0.1) is 6.92 Å². The molecule has 0 amide bonds. The molecule has 3 nitrogen and oxygen atoms in total. The molecule has 0 spiro atoms. The van der Waals surface area contributed by atoms with Crippen molar-refractivity contribution in [1.29, 1.82) is 0 Å². The lowest BCUT2D eigenvalue weighted by Gasteiger charge is -2.24. The molecule has 0 bridgehead atoms. The van der Waals surface area contributed by atoms with Gasteiger partial charge in [-0.2, -0.15) is 0 Å². The summed E-state index contributed by atoms with van der Waals surface area (Å²) in [6, 6.07) is 8.17. The molecule has 1 unspecified atom stereocenters. The predicted molar refractivity (Wildman–Crippen MR) is 80.8 cm³/mol. The molecule has 2 heterocycles. The number of aliphatic hydroxyl groups is 1. The topological polar surface area (TPSA) is 36.6 Å². The van der Waals surface area contributed by atoms with Crippen LogP contribution in [0.3, 0.4) is 0 Å². The average molecular weight is 273 g/mol. The van der Waals surface area contributed by atoms with Crippen molar-refractivity contribution in [2.24, 2.45) is 0 Å². The highest BCUT2D eigenvalue weighted by Crippen LogP contribution is 2.36. The van der Waals surface area contributed by atoms with E-state index < -0.39 is 5.60 Å². The third-order valence-corrected chi connectivity index (χ3v) is 4.48. The smallest absolute Gasteiger partial charge is 0.136 e. The number of benzene rings is 1. The minimum Gasteiger partial charge on any atom is -0.458 e. The molecule has 1 N–H and O–H groups in total. The van der Waals surface area contributed by atoms with Gasteiger partial charge in [0.15, 0.2) is 0 Å². The highest BCUT2D eigenvalue weighted by molar-refractivity contribution is 5.78. The monoisotopic (exact) mass is 273 g/mol. The quantitative estimate of drug-likeness (QED) is 0.910. The van der Waals surface area contributed by atoms with E-state index in [9.17, 15) is 5.11 Å². The first-order valence-corrected chi connectivity index (χ1v) is 7.56. The minimum absolute atomic E-state index is 0.732. The molecule has 1 fully saturated rings. The van der Waals surface area contributed by atoms with E-state index in [2.05, 4.69) is 24.8 Å². The van der Waals surface area contributed by atoms with Crippen LogP contribution < -0.4 is 0 Å². The fourth-order valence-electron chi connectivity index (χ4n) is 3.13. The maximum absolute atomic E-state index is 11.0. The van der Waals surface area contributed by atoms with Gasteiger partial charge in [0.25, 0.3) is 0 Å². The Bertz CT molecular complexity index is 604. The molecule has 1 aromatic heterocycles. The number of furan rings is 1. The maximum atomic E-state index is 11.0. The van der Waals surface area contributed by atoms with E-state index in [0.717, 1.165) is 55.6 Å².